The largest absolute Gasteiger partial charge is 0.493 e. The van der Waals surface area contributed by atoms with Gasteiger partial charge in [-0.05, 0) is 50.2 Å². The Hall–Kier alpha value is -1.90. The summed E-state index contributed by atoms with van der Waals surface area (Å²) in [7, 11) is 0. The molecule has 0 bridgehead atoms. The van der Waals surface area contributed by atoms with Crippen LogP contribution in [-0.4, -0.2) is 68.8 Å². The van der Waals surface area contributed by atoms with Crippen LogP contribution in [0.15, 0.2) is 23.3 Å². The Morgan fingerprint density at radius 1 is 1.21 bits per heavy atom. The van der Waals surface area contributed by atoms with Gasteiger partial charge in [0.1, 0.15) is 11.5 Å². The molecule has 0 spiro atoms. The van der Waals surface area contributed by atoms with Gasteiger partial charge in [0.05, 0.1) is 32.6 Å². The van der Waals surface area contributed by atoms with Crippen molar-refractivity contribution >= 4 is 23.5 Å². The summed E-state index contributed by atoms with van der Waals surface area (Å²) in [5, 5.41) is 7.95. The molecule has 1 heterocycles. The standard InChI is InChI=1S/C21H34N4O3S/c1-3-12-27-19-7-6-18(20(16-19)28-13-4-2)17-23-24-21(29)22-8-5-9-25-10-14-26-15-11-25/h6-7,16-17H,3-5,8-15H2,1-2H3,(H2,22,24,29). The van der Waals surface area contributed by atoms with Crippen molar-refractivity contribution in [2.75, 3.05) is 52.6 Å². The zero-order valence-electron chi connectivity index (χ0n) is 17.6. The van der Waals surface area contributed by atoms with Crippen molar-refractivity contribution < 1.29 is 14.2 Å². The molecule has 0 saturated carbocycles. The SMILES string of the molecule is CCCOc1ccc(C=NNC(=S)NCCCN2CCOCC2)c(OCCC)c1. The van der Waals surface area contributed by atoms with Crippen LogP contribution in [0.4, 0.5) is 0 Å². The predicted octanol–water partition coefficient (Wildman–Crippen LogP) is 2.78. The monoisotopic (exact) mass is 422 g/mol. The van der Waals surface area contributed by atoms with Gasteiger partial charge in [0.15, 0.2) is 5.11 Å². The fourth-order valence-electron chi connectivity index (χ4n) is 2.80. The molecule has 1 fully saturated rings. The lowest BCUT2D eigenvalue weighted by Crippen LogP contribution is -2.39. The van der Waals surface area contributed by atoms with Crippen molar-refractivity contribution in [3.05, 3.63) is 23.8 Å². The van der Waals surface area contributed by atoms with Gasteiger partial charge in [-0.3, -0.25) is 10.3 Å². The highest BCUT2D eigenvalue weighted by Gasteiger charge is 2.09. The lowest BCUT2D eigenvalue weighted by atomic mass is 10.2. The predicted molar refractivity (Wildman–Crippen MR) is 121 cm³/mol. The highest BCUT2D eigenvalue weighted by molar-refractivity contribution is 7.80. The van der Waals surface area contributed by atoms with Crippen LogP contribution in [0.3, 0.4) is 0 Å². The van der Waals surface area contributed by atoms with Gasteiger partial charge in [0, 0.05) is 31.3 Å². The molecule has 2 rings (SSSR count). The zero-order chi connectivity index (χ0) is 20.7. The summed E-state index contributed by atoms with van der Waals surface area (Å²) in [6, 6.07) is 5.78. The van der Waals surface area contributed by atoms with Crippen molar-refractivity contribution in [2.45, 2.75) is 33.1 Å². The first-order chi connectivity index (χ1) is 14.2. The second-order valence-corrected chi connectivity index (χ2v) is 7.24. The van der Waals surface area contributed by atoms with Crippen LogP contribution in [-0.2, 0) is 4.74 Å². The first-order valence-electron chi connectivity index (χ1n) is 10.5. The second kappa shape index (κ2) is 14.1. The molecule has 7 nitrogen and oxygen atoms in total. The summed E-state index contributed by atoms with van der Waals surface area (Å²) in [6.45, 7) is 11.0. The van der Waals surface area contributed by atoms with Crippen LogP contribution in [0.1, 0.15) is 38.7 Å². The highest BCUT2D eigenvalue weighted by Crippen LogP contribution is 2.24. The maximum Gasteiger partial charge on any atom is 0.186 e. The van der Waals surface area contributed by atoms with E-state index in [1.165, 1.54) is 0 Å². The Balaban J connectivity index is 1.75. The molecule has 0 aromatic heterocycles. The van der Waals surface area contributed by atoms with Crippen LogP contribution in [0, 0.1) is 0 Å². The molecule has 162 valence electrons. The van der Waals surface area contributed by atoms with Gasteiger partial charge in [0.25, 0.3) is 0 Å². The van der Waals surface area contributed by atoms with E-state index in [1.807, 2.05) is 18.2 Å². The summed E-state index contributed by atoms with van der Waals surface area (Å²) in [4.78, 5) is 2.41. The molecular weight excluding hydrogens is 388 g/mol. The zero-order valence-corrected chi connectivity index (χ0v) is 18.4. The molecule has 0 atom stereocenters. The fraction of sp³-hybridized carbons (Fsp3) is 0.619. The lowest BCUT2D eigenvalue weighted by molar-refractivity contribution is 0.0376. The number of hydrogen-bond donors (Lipinski definition) is 2. The van der Waals surface area contributed by atoms with Gasteiger partial charge in [-0.1, -0.05) is 13.8 Å². The molecule has 0 amide bonds. The molecule has 1 aliphatic rings. The van der Waals surface area contributed by atoms with Crippen molar-refractivity contribution in [3.8, 4) is 11.5 Å². The Bertz CT molecular complexity index is 636. The summed E-state index contributed by atoms with van der Waals surface area (Å²) < 4.78 is 16.9. The van der Waals surface area contributed by atoms with Gasteiger partial charge in [-0.15, -0.1) is 0 Å². The first-order valence-corrected chi connectivity index (χ1v) is 10.9. The molecule has 1 saturated heterocycles. The maximum absolute atomic E-state index is 5.84. The third-order valence-electron chi connectivity index (χ3n) is 4.33. The minimum atomic E-state index is 0.516. The van der Waals surface area contributed by atoms with Crippen molar-refractivity contribution in [1.82, 2.24) is 15.6 Å². The Kier molecular flexibility index (Phi) is 11.4. The molecule has 0 unspecified atom stereocenters. The molecule has 2 N–H and O–H groups in total. The number of hydrazone groups is 1. The molecule has 1 aromatic rings. The number of ether oxygens (including phenoxy) is 3. The number of morpholine rings is 1. The second-order valence-electron chi connectivity index (χ2n) is 6.83. The normalized spacial score (nSPS) is 14.7. The molecule has 1 aromatic carbocycles. The number of thiocarbonyl (C=S) groups is 1. The average molecular weight is 423 g/mol. The fourth-order valence-corrected chi connectivity index (χ4v) is 2.95. The summed E-state index contributed by atoms with van der Waals surface area (Å²) in [5.74, 6) is 1.57. The van der Waals surface area contributed by atoms with E-state index in [1.54, 1.807) is 6.21 Å². The summed E-state index contributed by atoms with van der Waals surface area (Å²) in [5.41, 5.74) is 3.75. The van der Waals surface area contributed by atoms with Crippen LogP contribution >= 0.6 is 12.2 Å². The van der Waals surface area contributed by atoms with E-state index in [4.69, 9.17) is 26.4 Å². The van der Waals surface area contributed by atoms with Crippen LogP contribution < -0.4 is 20.2 Å². The van der Waals surface area contributed by atoms with E-state index in [-0.39, 0.29) is 0 Å². The summed E-state index contributed by atoms with van der Waals surface area (Å²) >= 11 is 5.29. The first kappa shape index (κ1) is 23.4. The van der Waals surface area contributed by atoms with Crippen molar-refractivity contribution in [3.63, 3.8) is 0 Å². The van der Waals surface area contributed by atoms with Crippen LogP contribution in [0.2, 0.25) is 0 Å². The number of hydrogen-bond acceptors (Lipinski definition) is 6. The van der Waals surface area contributed by atoms with Gasteiger partial charge in [-0.2, -0.15) is 5.10 Å². The van der Waals surface area contributed by atoms with E-state index in [0.29, 0.717) is 18.3 Å². The minimum Gasteiger partial charge on any atom is -0.493 e. The number of nitrogens with zero attached hydrogens (tertiary/aromatic N) is 2. The number of rotatable bonds is 12. The summed E-state index contributed by atoms with van der Waals surface area (Å²) in [6.07, 6.45) is 4.65. The van der Waals surface area contributed by atoms with Gasteiger partial charge in [-0.25, -0.2) is 0 Å². The maximum atomic E-state index is 5.84. The molecule has 1 aliphatic heterocycles. The van der Waals surface area contributed by atoms with E-state index in [9.17, 15) is 0 Å². The quantitative estimate of drug-likeness (QED) is 0.232. The van der Waals surface area contributed by atoms with Crippen LogP contribution in [0.5, 0.6) is 11.5 Å². The number of benzene rings is 1. The highest BCUT2D eigenvalue weighted by atomic mass is 32.1. The average Bonchev–Trinajstić information content (AvgIpc) is 2.75. The topological polar surface area (TPSA) is 67.4 Å². The van der Waals surface area contributed by atoms with E-state index in [2.05, 4.69) is 34.6 Å². The third kappa shape index (κ3) is 9.43. The lowest BCUT2D eigenvalue weighted by Gasteiger charge is -2.26. The van der Waals surface area contributed by atoms with E-state index < -0.39 is 0 Å². The van der Waals surface area contributed by atoms with Crippen molar-refractivity contribution in [2.24, 2.45) is 5.10 Å². The van der Waals surface area contributed by atoms with E-state index >= 15 is 0 Å². The van der Waals surface area contributed by atoms with Gasteiger partial charge >= 0.3 is 0 Å². The van der Waals surface area contributed by atoms with Gasteiger partial charge in [0.2, 0.25) is 0 Å². The Labute approximate surface area is 179 Å². The van der Waals surface area contributed by atoms with E-state index in [0.717, 1.165) is 75.7 Å². The molecule has 8 heteroatoms. The molecular formula is C21H34N4O3S. The molecule has 0 radical (unpaired) electrons. The van der Waals surface area contributed by atoms with Crippen molar-refractivity contribution in [1.29, 1.82) is 0 Å². The van der Waals surface area contributed by atoms with Crippen LogP contribution in [0.25, 0.3) is 0 Å². The minimum absolute atomic E-state index is 0.516. The number of nitrogens with one attached hydrogen (secondary N) is 2. The van der Waals surface area contributed by atoms with Gasteiger partial charge < -0.3 is 19.5 Å². The molecule has 0 aliphatic carbocycles. The smallest absolute Gasteiger partial charge is 0.186 e. The third-order valence-corrected chi connectivity index (χ3v) is 4.57. The Morgan fingerprint density at radius 3 is 2.72 bits per heavy atom. The molecule has 29 heavy (non-hydrogen) atoms. The Morgan fingerprint density at radius 2 is 1.97 bits per heavy atom.